The van der Waals surface area contributed by atoms with Gasteiger partial charge in [-0.15, -0.1) is 0 Å². The number of hydrogen-bond acceptors (Lipinski definition) is 2. The van der Waals surface area contributed by atoms with E-state index in [-0.39, 0.29) is 18.2 Å². The van der Waals surface area contributed by atoms with Crippen molar-refractivity contribution in [3.05, 3.63) is 65.5 Å². The number of likely N-dealkylation sites (tertiary alicyclic amines) is 1. The minimum atomic E-state index is -0.501. The van der Waals surface area contributed by atoms with Crippen LogP contribution in [0.1, 0.15) is 24.0 Å². The molecule has 0 spiro atoms. The smallest absolute Gasteiger partial charge is 0.247 e. The van der Waals surface area contributed by atoms with Gasteiger partial charge in [0.1, 0.15) is 11.9 Å². The van der Waals surface area contributed by atoms with Gasteiger partial charge >= 0.3 is 0 Å². The maximum atomic E-state index is 13.4. The Hall–Kier alpha value is -2.69. The van der Waals surface area contributed by atoms with Gasteiger partial charge in [-0.3, -0.25) is 9.59 Å². The lowest BCUT2D eigenvalue weighted by Crippen LogP contribution is -2.43. The van der Waals surface area contributed by atoms with Gasteiger partial charge in [-0.25, -0.2) is 4.39 Å². The molecule has 1 atom stereocenters. The van der Waals surface area contributed by atoms with Crippen LogP contribution in [0.25, 0.3) is 0 Å². The molecule has 4 nitrogen and oxygen atoms in total. The number of nitrogens with zero attached hydrogens (tertiary/aromatic N) is 1. The molecule has 1 fully saturated rings. The third-order valence-corrected chi connectivity index (χ3v) is 4.53. The van der Waals surface area contributed by atoms with Crippen LogP contribution in [0.2, 0.25) is 0 Å². The van der Waals surface area contributed by atoms with Crippen molar-refractivity contribution in [3.63, 3.8) is 0 Å². The van der Waals surface area contributed by atoms with E-state index in [2.05, 4.69) is 5.32 Å². The van der Waals surface area contributed by atoms with Gasteiger partial charge in [0.05, 0.1) is 6.42 Å². The summed E-state index contributed by atoms with van der Waals surface area (Å²) in [5.41, 5.74) is 2.17. The Morgan fingerprint density at radius 2 is 1.96 bits per heavy atom. The van der Waals surface area contributed by atoms with Crippen LogP contribution in [0, 0.1) is 12.7 Å². The number of nitrogens with one attached hydrogen (secondary N) is 1. The highest BCUT2D eigenvalue weighted by Gasteiger charge is 2.34. The zero-order chi connectivity index (χ0) is 17.8. The predicted molar refractivity (Wildman–Crippen MR) is 94.6 cm³/mol. The first kappa shape index (κ1) is 17.1. The van der Waals surface area contributed by atoms with Crippen LogP contribution in [0.5, 0.6) is 0 Å². The largest absolute Gasteiger partial charge is 0.330 e. The summed E-state index contributed by atoms with van der Waals surface area (Å²) >= 11 is 0. The van der Waals surface area contributed by atoms with Crippen molar-refractivity contribution in [2.75, 3.05) is 11.9 Å². The van der Waals surface area contributed by atoms with E-state index >= 15 is 0 Å². The van der Waals surface area contributed by atoms with Gasteiger partial charge in [0, 0.05) is 12.2 Å². The van der Waals surface area contributed by atoms with Gasteiger partial charge in [-0.2, -0.15) is 0 Å². The van der Waals surface area contributed by atoms with E-state index in [1.54, 1.807) is 11.0 Å². The fraction of sp³-hybridized carbons (Fsp3) is 0.300. The van der Waals surface area contributed by atoms with Crippen molar-refractivity contribution in [1.82, 2.24) is 4.90 Å². The monoisotopic (exact) mass is 340 g/mol. The minimum absolute atomic E-state index is 0.0557. The number of rotatable bonds is 4. The topological polar surface area (TPSA) is 49.4 Å². The summed E-state index contributed by atoms with van der Waals surface area (Å²) in [7, 11) is 0. The van der Waals surface area contributed by atoms with E-state index in [9.17, 15) is 14.0 Å². The van der Waals surface area contributed by atoms with Crippen molar-refractivity contribution in [1.29, 1.82) is 0 Å². The van der Waals surface area contributed by atoms with Crippen molar-refractivity contribution < 1.29 is 14.0 Å². The summed E-state index contributed by atoms with van der Waals surface area (Å²) in [5.74, 6) is -0.711. The fourth-order valence-corrected chi connectivity index (χ4v) is 3.15. The highest BCUT2D eigenvalue weighted by molar-refractivity contribution is 5.98. The number of hydrogen-bond donors (Lipinski definition) is 1. The van der Waals surface area contributed by atoms with Crippen LogP contribution in [0.3, 0.4) is 0 Å². The molecule has 130 valence electrons. The normalized spacial score (nSPS) is 16.7. The van der Waals surface area contributed by atoms with E-state index < -0.39 is 11.9 Å². The molecule has 1 saturated heterocycles. The molecule has 1 heterocycles. The summed E-state index contributed by atoms with van der Waals surface area (Å²) in [6.07, 6.45) is 1.70. The van der Waals surface area contributed by atoms with Crippen molar-refractivity contribution in [3.8, 4) is 0 Å². The number of carbonyl (C=O) groups excluding carboxylic acids is 2. The fourth-order valence-electron chi connectivity index (χ4n) is 3.15. The van der Waals surface area contributed by atoms with E-state index in [0.717, 1.165) is 17.5 Å². The highest BCUT2D eigenvalue weighted by atomic mass is 19.1. The summed E-state index contributed by atoms with van der Waals surface area (Å²) < 4.78 is 13.4. The van der Waals surface area contributed by atoms with Crippen LogP contribution < -0.4 is 5.32 Å². The van der Waals surface area contributed by atoms with E-state index in [1.165, 1.54) is 12.1 Å². The first-order valence-electron chi connectivity index (χ1n) is 8.45. The Labute approximate surface area is 146 Å². The standard InChI is InChI=1S/C20H21FN2O2/c1-14-9-10-16(21)13-17(14)22-20(25)18-8-5-11-23(18)19(24)12-15-6-3-2-4-7-15/h2-4,6-7,9-10,13,18H,5,8,11-12H2,1H3,(H,22,25). The summed E-state index contributed by atoms with van der Waals surface area (Å²) in [6.45, 7) is 2.38. The Bertz CT molecular complexity index is 777. The molecule has 0 radical (unpaired) electrons. The molecule has 2 aromatic carbocycles. The molecule has 1 unspecified atom stereocenters. The molecule has 2 amide bonds. The Balaban J connectivity index is 1.69. The average Bonchev–Trinajstić information content (AvgIpc) is 3.09. The highest BCUT2D eigenvalue weighted by Crippen LogP contribution is 2.22. The lowest BCUT2D eigenvalue weighted by Gasteiger charge is -2.24. The molecule has 1 aliphatic rings. The van der Waals surface area contributed by atoms with Crippen LogP contribution >= 0.6 is 0 Å². The number of benzene rings is 2. The Kier molecular flexibility index (Phi) is 5.12. The Morgan fingerprint density at radius 1 is 1.20 bits per heavy atom. The number of anilines is 1. The molecule has 0 saturated carbocycles. The number of aryl methyl sites for hydroxylation is 1. The second-order valence-electron chi connectivity index (χ2n) is 6.36. The molecule has 0 aromatic heterocycles. The van der Waals surface area contributed by atoms with Gasteiger partial charge in [0.25, 0.3) is 0 Å². The molecular weight excluding hydrogens is 319 g/mol. The quantitative estimate of drug-likeness (QED) is 0.928. The number of halogens is 1. The minimum Gasteiger partial charge on any atom is -0.330 e. The van der Waals surface area contributed by atoms with Crippen LogP contribution in [-0.4, -0.2) is 29.3 Å². The van der Waals surface area contributed by atoms with Gasteiger partial charge in [0.15, 0.2) is 0 Å². The Morgan fingerprint density at radius 3 is 2.72 bits per heavy atom. The molecule has 0 aliphatic carbocycles. The molecule has 0 bridgehead atoms. The summed E-state index contributed by atoms with van der Waals surface area (Å²) in [5, 5.41) is 2.77. The van der Waals surface area contributed by atoms with Crippen LogP contribution in [0.15, 0.2) is 48.5 Å². The van der Waals surface area contributed by atoms with Crippen molar-refractivity contribution in [2.45, 2.75) is 32.2 Å². The van der Waals surface area contributed by atoms with Crippen molar-refractivity contribution >= 4 is 17.5 Å². The maximum absolute atomic E-state index is 13.4. The molecular formula is C20H21FN2O2. The van der Waals surface area contributed by atoms with Crippen LogP contribution in [0.4, 0.5) is 10.1 Å². The molecule has 3 rings (SSSR count). The third kappa shape index (κ3) is 4.05. The summed E-state index contributed by atoms with van der Waals surface area (Å²) in [4.78, 5) is 26.8. The predicted octanol–water partition coefficient (Wildman–Crippen LogP) is 3.31. The maximum Gasteiger partial charge on any atom is 0.247 e. The van der Waals surface area contributed by atoms with Crippen molar-refractivity contribution in [2.24, 2.45) is 0 Å². The zero-order valence-electron chi connectivity index (χ0n) is 14.2. The molecule has 2 aromatic rings. The second kappa shape index (κ2) is 7.47. The first-order chi connectivity index (χ1) is 12.0. The van der Waals surface area contributed by atoms with Gasteiger partial charge in [-0.05, 0) is 43.0 Å². The third-order valence-electron chi connectivity index (χ3n) is 4.53. The zero-order valence-corrected chi connectivity index (χ0v) is 14.2. The lowest BCUT2D eigenvalue weighted by molar-refractivity contribution is -0.136. The number of amides is 2. The lowest BCUT2D eigenvalue weighted by atomic mass is 10.1. The van der Waals surface area contributed by atoms with Gasteiger partial charge in [0.2, 0.25) is 11.8 Å². The SMILES string of the molecule is Cc1ccc(F)cc1NC(=O)C1CCCN1C(=O)Cc1ccccc1. The van der Waals surface area contributed by atoms with Gasteiger partial charge < -0.3 is 10.2 Å². The van der Waals surface area contributed by atoms with E-state index in [1.807, 2.05) is 37.3 Å². The van der Waals surface area contributed by atoms with Gasteiger partial charge in [-0.1, -0.05) is 36.4 Å². The first-order valence-corrected chi connectivity index (χ1v) is 8.45. The van der Waals surface area contributed by atoms with E-state index in [4.69, 9.17) is 0 Å². The van der Waals surface area contributed by atoms with Crippen LogP contribution in [-0.2, 0) is 16.0 Å². The molecule has 1 N–H and O–H groups in total. The second-order valence-corrected chi connectivity index (χ2v) is 6.36. The molecule has 1 aliphatic heterocycles. The molecule has 5 heteroatoms. The van der Waals surface area contributed by atoms with E-state index in [0.29, 0.717) is 18.7 Å². The summed E-state index contributed by atoms with van der Waals surface area (Å²) in [6, 6.07) is 13.3. The average molecular weight is 340 g/mol. The molecule has 25 heavy (non-hydrogen) atoms. The number of carbonyl (C=O) groups is 2.